The first-order valence-electron chi connectivity index (χ1n) is 22.3. The maximum atomic E-state index is 13.3. The summed E-state index contributed by atoms with van der Waals surface area (Å²) in [5, 5.41) is 34.8. The molecule has 3 aliphatic carbocycles. The molecular formula is C48H76N4O11. The molecule has 354 valence electrons. The molecule has 1 amide bonds. The van der Waals surface area contributed by atoms with Gasteiger partial charge in [-0.25, -0.2) is 4.79 Å². The summed E-state index contributed by atoms with van der Waals surface area (Å²) in [7, 11) is 0. The third kappa shape index (κ3) is 17.4. The minimum atomic E-state index is -1.20. The fourth-order valence-electron chi connectivity index (χ4n) is 8.13. The zero-order valence-corrected chi connectivity index (χ0v) is 40.2. The van der Waals surface area contributed by atoms with Crippen LogP contribution in [0.4, 0.5) is 4.79 Å². The molecule has 4 N–H and O–H groups in total. The number of hydrogen-bond acceptors (Lipinski definition) is 14. The molecule has 3 rings (SSSR count). The third-order valence-corrected chi connectivity index (χ3v) is 10.9. The van der Waals surface area contributed by atoms with Gasteiger partial charge in [-0.05, 0) is 77.0 Å². The molecule has 0 spiro atoms. The van der Waals surface area contributed by atoms with Crippen molar-refractivity contribution in [1.82, 2.24) is 5.32 Å². The Hall–Kier alpha value is -4.21. The Kier molecular flexibility index (Phi) is 19.1. The van der Waals surface area contributed by atoms with Crippen molar-refractivity contribution < 1.29 is 53.4 Å². The van der Waals surface area contributed by atoms with Crippen LogP contribution >= 0.6 is 0 Å². The molecule has 0 fully saturated rings. The fourth-order valence-corrected chi connectivity index (χ4v) is 8.13. The van der Waals surface area contributed by atoms with E-state index in [0.717, 1.165) is 0 Å². The summed E-state index contributed by atoms with van der Waals surface area (Å²) >= 11 is 0. The van der Waals surface area contributed by atoms with Crippen LogP contribution in [0.5, 0.6) is 0 Å². The lowest BCUT2D eigenvalue weighted by molar-refractivity contribution is -0.118. The van der Waals surface area contributed by atoms with Crippen LogP contribution in [0.25, 0.3) is 0 Å². The Balaban J connectivity index is 1.71. The number of carbonyl (C=O) groups is 4. The molecule has 0 heterocycles. The minimum absolute atomic E-state index is 0.0131. The number of aliphatic hydroxyl groups is 3. The minimum Gasteiger partial charge on any atom is -0.511 e. The van der Waals surface area contributed by atoms with Gasteiger partial charge in [0.05, 0.1) is 36.5 Å². The van der Waals surface area contributed by atoms with E-state index >= 15 is 0 Å². The van der Waals surface area contributed by atoms with Gasteiger partial charge in [-0.1, -0.05) is 41.5 Å². The molecular weight excluding hydrogens is 809 g/mol. The number of aliphatic imine (C=N–C) groups is 3. The number of alkyl carbamates (subject to hydrolysis) is 1. The van der Waals surface area contributed by atoms with Gasteiger partial charge in [0.25, 0.3) is 0 Å². The van der Waals surface area contributed by atoms with Crippen LogP contribution in [0.15, 0.2) is 49.0 Å². The molecule has 3 aliphatic rings. The van der Waals surface area contributed by atoms with E-state index in [1.807, 2.05) is 41.5 Å². The molecule has 0 radical (unpaired) electrons. The lowest BCUT2D eigenvalue weighted by atomic mass is 9.76. The number of aliphatic hydroxyl groups excluding tert-OH is 3. The van der Waals surface area contributed by atoms with Crippen molar-refractivity contribution in [3.63, 3.8) is 0 Å². The van der Waals surface area contributed by atoms with Crippen molar-refractivity contribution in [3.8, 4) is 0 Å². The van der Waals surface area contributed by atoms with Crippen LogP contribution in [0.2, 0.25) is 0 Å². The lowest BCUT2D eigenvalue weighted by Crippen LogP contribution is -2.59. The number of ether oxygens (including phenoxy) is 4. The molecule has 0 atom stereocenters. The van der Waals surface area contributed by atoms with Gasteiger partial charge >= 0.3 is 6.09 Å². The zero-order chi connectivity index (χ0) is 47.4. The molecule has 0 unspecified atom stereocenters. The number of hydrogen-bond donors (Lipinski definition) is 4. The highest BCUT2D eigenvalue weighted by molar-refractivity contribution is 6.23. The molecule has 0 aliphatic heterocycles. The molecule has 0 aromatic heterocycles. The number of Topliss-reactive ketones (excluding diaryl/α,β-unsaturated/α-hetero) is 3. The Bertz CT molecular complexity index is 1690. The fraction of sp³-hybridized carbons (Fsp3) is 0.729. The average Bonchev–Trinajstić information content (AvgIpc) is 3.09. The summed E-state index contributed by atoms with van der Waals surface area (Å²) in [4.78, 5) is 65.4. The Morgan fingerprint density at radius 2 is 0.841 bits per heavy atom. The van der Waals surface area contributed by atoms with Gasteiger partial charge in [-0.2, -0.15) is 0 Å². The second kappa shape index (κ2) is 22.6. The van der Waals surface area contributed by atoms with Crippen LogP contribution in [-0.4, -0.2) is 126 Å². The average molecular weight is 885 g/mol. The van der Waals surface area contributed by atoms with Crippen LogP contribution in [0.3, 0.4) is 0 Å². The van der Waals surface area contributed by atoms with Crippen molar-refractivity contribution in [2.75, 3.05) is 59.3 Å². The number of nitrogens with zero attached hydrogens (tertiary/aromatic N) is 3. The van der Waals surface area contributed by atoms with Crippen molar-refractivity contribution in [2.45, 2.75) is 152 Å². The number of carbonyl (C=O) groups excluding carboxylic acids is 4. The first kappa shape index (κ1) is 53.1. The van der Waals surface area contributed by atoms with Gasteiger partial charge < -0.3 is 39.6 Å². The standard InChI is InChI=1S/C48H76N4O11/c1-31(40-34(53)22-45(7,8)23-35(40)54)49-16-13-19-60-28-48(52-43(59)63-44(4,5)6,29-61-20-14-17-50-32(2)41-36(55)24-46(9,10)25-37(41)56)30-62-21-15-18-51-33(3)42-38(57)26-47(11,12)27-39(42)58/h53,55,57H,13-30H2,1-12H3,(H,52,59). The highest BCUT2D eigenvalue weighted by atomic mass is 16.6. The van der Waals surface area contributed by atoms with Crippen LogP contribution in [0.1, 0.15) is 141 Å². The molecule has 0 aromatic carbocycles. The summed E-state index contributed by atoms with van der Waals surface area (Å²) in [6.07, 6.45) is 3.01. The number of amides is 1. The Labute approximate surface area is 375 Å². The maximum absolute atomic E-state index is 13.3. The van der Waals surface area contributed by atoms with Gasteiger partial charge in [0.15, 0.2) is 17.3 Å². The van der Waals surface area contributed by atoms with Crippen LogP contribution < -0.4 is 5.32 Å². The van der Waals surface area contributed by atoms with Gasteiger partial charge in [0.2, 0.25) is 0 Å². The summed E-state index contributed by atoms with van der Waals surface area (Å²) in [6, 6.07) is 0. The highest BCUT2D eigenvalue weighted by Gasteiger charge is 2.38. The van der Waals surface area contributed by atoms with E-state index in [0.29, 0.717) is 94.6 Å². The monoisotopic (exact) mass is 885 g/mol. The van der Waals surface area contributed by atoms with Crippen LogP contribution in [0, 0.1) is 16.2 Å². The highest BCUT2D eigenvalue weighted by Crippen LogP contribution is 2.38. The number of allylic oxidation sites excluding steroid dienone is 6. The largest absolute Gasteiger partial charge is 0.511 e. The molecule has 15 nitrogen and oxygen atoms in total. The number of rotatable bonds is 22. The Morgan fingerprint density at radius 3 is 1.10 bits per heavy atom. The van der Waals surface area contributed by atoms with Crippen LogP contribution in [-0.2, 0) is 33.3 Å². The summed E-state index contributed by atoms with van der Waals surface area (Å²) in [5.41, 5.74) is -0.590. The van der Waals surface area contributed by atoms with Gasteiger partial charge in [0.1, 0.15) is 28.4 Å². The summed E-state index contributed by atoms with van der Waals surface area (Å²) in [5.74, 6) is -0.169. The van der Waals surface area contributed by atoms with E-state index in [1.54, 1.807) is 41.5 Å². The van der Waals surface area contributed by atoms with E-state index in [-0.39, 0.29) is 107 Å². The lowest BCUT2D eigenvalue weighted by Gasteiger charge is -2.35. The van der Waals surface area contributed by atoms with Gasteiger partial charge in [-0.15, -0.1) is 0 Å². The predicted molar refractivity (Wildman–Crippen MR) is 245 cm³/mol. The molecule has 0 aromatic rings. The van der Waals surface area contributed by atoms with E-state index < -0.39 is 17.2 Å². The number of nitrogens with one attached hydrogen (secondary N) is 1. The first-order chi connectivity index (χ1) is 29.2. The Morgan fingerprint density at radius 1 is 0.556 bits per heavy atom. The SMILES string of the molecule is CC(=NCCCOCC(COCCCN=C(C)C1=C(O)CC(C)(C)CC1=O)(COCCCN=C(C)C1=C(O)CC(C)(C)CC1=O)NC(=O)OC(C)(C)C)C1=C(O)CC(C)(C)CC1=O. The third-order valence-electron chi connectivity index (χ3n) is 10.9. The molecule has 63 heavy (non-hydrogen) atoms. The van der Waals surface area contributed by atoms with E-state index in [4.69, 9.17) is 18.9 Å². The summed E-state index contributed by atoms with van der Waals surface area (Å²) in [6.45, 7) is 23.9. The van der Waals surface area contributed by atoms with E-state index in [9.17, 15) is 34.5 Å². The maximum Gasteiger partial charge on any atom is 0.408 e. The summed E-state index contributed by atoms with van der Waals surface area (Å²) < 4.78 is 24.1. The zero-order valence-electron chi connectivity index (χ0n) is 40.2. The smallest absolute Gasteiger partial charge is 0.408 e. The van der Waals surface area contributed by atoms with Gasteiger partial charge in [-0.3, -0.25) is 29.4 Å². The predicted octanol–water partition coefficient (Wildman–Crippen LogP) is 8.46. The normalized spacial score (nSPS) is 21.0. The quantitative estimate of drug-likeness (QED) is 0.0598. The van der Waals surface area contributed by atoms with Crippen molar-refractivity contribution in [1.29, 1.82) is 0 Å². The molecule has 0 saturated heterocycles. The van der Waals surface area contributed by atoms with Crippen molar-refractivity contribution >= 4 is 40.6 Å². The second-order valence-corrected chi connectivity index (χ2v) is 20.8. The van der Waals surface area contributed by atoms with Gasteiger partial charge in [0, 0.05) is 95.1 Å². The van der Waals surface area contributed by atoms with E-state index in [2.05, 4.69) is 20.3 Å². The second-order valence-electron chi connectivity index (χ2n) is 20.8. The topological polar surface area (TPSA) is 215 Å². The molecule has 0 saturated carbocycles. The van der Waals surface area contributed by atoms with E-state index in [1.165, 1.54) is 0 Å². The molecule has 0 bridgehead atoms. The first-order valence-corrected chi connectivity index (χ1v) is 22.3. The van der Waals surface area contributed by atoms with Crippen molar-refractivity contribution in [3.05, 3.63) is 34.0 Å². The molecule has 15 heteroatoms. The van der Waals surface area contributed by atoms with Crippen molar-refractivity contribution in [2.24, 2.45) is 31.2 Å². The number of ketones is 3.